The van der Waals surface area contributed by atoms with Crippen molar-refractivity contribution in [3.63, 3.8) is 0 Å². The molecule has 0 N–H and O–H groups in total. The summed E-state index contributed by atoms with van der Waals surface area (Å²) in [6.45, 7) is 32.2. The van der Waals surface area contributed by atoms with Crippen LogP contribution in [0, 0.1) is 39.0 Å². The molecule has 1 atom stereocenters. The number of hydrogen-bond donors (Lipinski definition) is 0. The molecule has 2 aromatic carbocycles. The lowest BCUT2D eigenvalue weighted by atomic mass is 9.70. The van der Waals surface area contributed by atoms with Gasteiger partial charge >= 0.3 is 11.9 Å². The molecule has 0 aromatic heterocycles. The van der Waals surface area contributed by atoms with E-state index in [0.29, 0.717) is 31.4 Å². The van der Waals surface area contributed by atoms with E-state index in [9.17, 15) is 9.59 Å². The number of aryl methyl sites for hydroxylation is 4. The van der Waals surface area contributed by atoms with Crippen LogP contribution in [0.2, 0.25) is 0 Å². The van der Waals surface area contributed by atoms with Crippen molar-refractivity contribution < 1.29 is 19.1 Å². The topological polar surface area (TPSA) is 52.6 Å². The summed E-state index contributed by atoms with van der Waals surface area (Å²) >= 11 is 0. The largest absolute Gasteiger partial charge is 0.459 e. The molecule has 2 rings (SSSR count). The summed E-state index contributed by atoms with van der Waals surface area (Å²) in [6, 6.07) is 9.10. The quantitative estimate of drug-likeness (QED) is 0.136. The Kier molecular flexibility index (Phi) is 13.3. The normalized spacial score (nSPS) is 13.5. The highest BCUT2D eigenvalue weighted by Crippen LogP contribution is 2.42. The van der Waals surface area contributed by atoms with E-state index in [1.807, 2.05) is 55.4 Å². The summed E-state index contributed by atoms with van der Waals surface area (Å²) in [5.41, 5.74) is 7.28. The van der Waals surface area contributed by atoms with Gasteiger partial charge in [-0.25, -0.2) is 0 Å². The molecule has 0 radical (unpaired) electrons. The van der Waals surface area contributed by atoms with Gasteiger partial charge < -0.3 is 9.47 Å². The van der Waals surface area contributed by atoms with Crippen molar-refractivity contribution in [2.45, 2.75) is 172 Å². The summed E-state index contributed by atoms with van der Waals surface area (Å²) in [4.78, 5) is 27.4. The van der Waals surface area contributed by atoms with Crippen LogP contribution in [-0.2, 0) is 25.2 Å². The highest BCUT2D eigenvalue weighted by atomic mass is 16.6. The van der Waals surface area contributed by atoms with Gasteiger partial charge in [-0.15, -0.1) is 0 Å². The van der Waals surface area contributed by atoms with Crippen molar-refractivity contribution in [2.24, 2.45) is 11.3 Å². The molecule has 258 valence electrons. The molecule has 0 saturated heterocycles. The lowest BCUT2D eigenvalue weighted by Crippen LogP contribution is -2.41. The first-order chi connectivity index (χ1) is 21.4. The van der Waals surface area contributed by atoms with E-state index in [-0.39, 0.29) is 22.8 Å². The van der Waals surface area contributed by atoms with Crippen LogP contribution < -0.4 is 4.74 Å². The third kappa shape index (κ3) is 8.08. The Hall–Kier alpha value is -2.62. The minimum Gasteiger partial charge on any atom is -0.459 e. The maximum atomic E-state index is 13.7. The van der Waals surface area contributed by atoms with Crippen LogP contribution in [0.15, 0.2) is 24.3 Å². The molecule has 0 aliphatic heterocycles. The Balaban J connectivity index is 2.41. The fourth-order valence-corrected chi connectivity index (χ4v) is 7.21. The van der Waals surface area contributed by atoms with Gasteiger partial charge in [0.15, 0.2) is 0 Å². The van der Waals surface area contributed by atoms with Gasteiger partial charge in [0.25, 0.3) is 0 Å². The van der Waals surface area contributed by atoms with Crippen molar-refractivity contribution in [2.75, 3.05) is 0 Å². The fourth-order valence-electron chi connectivity index (χ4n) is 7.21. The SMILES string of the molecule is CCC(CC(CC)(CC)C(=O)OC(C)(CC)CC)C(=O)Oc1c(C)cc(C(C)(C)c2cc(C)c(C(C)(CC)CC)c(C)c2)cc1C. The summed E-state index contributed by atoms with van der Waals surface area (Å²) in [5.74, 6) is -0.247. The van der Waals surface area contributed by atoms with Gasteiger partial charge in [0.05, 0.1) is 11.3 Å². The molecule has 4 heteroatoms. The second kappa shape index (κ2) is 15.5. The number of ether oxygens (including phenoxy) is 2. The molecule has 4 nitrogen and oxygen atoms in total. The first-order valence-electron chi connectivity index (χ1n) is 18.1. The Morgan fingerprint density at radius 1 is 0.652 bits per heavy atom. The summed E-state index contributed by atoms with van der Waals surface area (Å²) < 4.78 is 12.3. The van der Waals surface area contributed by atoms with Gasteiger partial charge in [-0.1, -0.05) is 93.5 Å². The predicted octanol–water partition coefficient (Wildman–Crippen LogP) is 11.6. The van der Waals surface area contributed by atoms with E-state index in [4.69, 9.17) is 9.47 Å². The standard InChI is InChI=1S/C42H66O4/c1-16-32(27-42(21-6,22-7)38(44)46-41(15,19-4)20-5)37(43)45-36-30(10)25-34(26-31(36)11)39(12,13)33-23-28(8)35(29(9)24-33)40(14,17-2)18-3/h23-26,32H,16-22,27H2,1-15H3. The second-order valence-corrected chi connectivity index (χ2v) is 15.1. The smallest absolute Gasteiger partial charge is 0.314 e. The zero-order valence-electron chi connectivity index (χ0n) is 32.2. The van der Waals surface area contributed by atoms with Gasteiger partial charge in [-0.2, -0.15) is 0 Å². The first kappa shape index (κ1) is 39.6. The van der Waals surface area contributed by atoms with E-state index < -0.39 is 16.9 Å². The number of carbonyl (C=O) groups excluding carboxylic acids is 2. The van der Waals surface area contributed by atoms with Crippen LogP contribution in [0.3, 0.4) is 0 Å². The van der Waals surface area contributed by atoms with Crippen molar-refractivity contribution in [3.8, 4) is 5.75 Å². The lowest BCUT2D eigenvalue weighted by Gasteiger charge is -2.37. The van der Waals surface area contributed by atoms with E-state index in [1.165, 1.54) is 27.8 Å². The second-order valence-electron chi connectivity index (χ2n) is 15.1. The maximum Gasteiger partial charge on any atom is 0.314 e. The number of hydrogen-bond acceptors (Lipinski definition) is 4. The highest BCUT2D eigenvalue weighted by Gasteiger charge is 2.43. The number of rotatable bonds is 16. The highest BCUT2D eigenvalue weighted by molar-refractivity contribution is 5.80. The zero-order chi connectivity index (χ0) is 35.3. The average molecular weight is 635 g/mol. The van der Waals surface area contributed by atoms with Crippen LogP contribution in [0.25, 0.3) is 0 Å². The molecule has 0 aliphatic rings. The van der Waals surface area contributed by atoms with Crippen LogP contribution in [0.4, 0.5) is 0 Å². The first-order valence-corrected chi connectivity index (χ1v) is 18.1. The third-order valence-electron chi connectivity index (χ3n) is 11.9. The molecular formula is C42H66O4. The fraction of sp³-hybridized carbons (Fsp3) is 0.667. The van der Waals surface area contributed by atoms with Crippen molar-refractivity contribution in [3.05, 3.63) is 63.2 Å². The Labute approximate surface area is 282 Å². The van der Waals surface area contributed by atoms with Crippen molar-refractivity contribution in [1.29, 1.82) is 0 Å². The third-order valence-corrected chi connectivity index (χ3v) is 11.9. The molecule has 0 aliphatic carbocycles. The van der Waals surface area contributed by atoms with E-state index >= 15 is 0 Å². The van der Waals surface area contributed by atoms with Crippen LogP contribution in [-0.4, -0.2) is 17.5 Å². The van der Waals surface area contributed by atoms with Crippen LogP contribution in [0.5, 0.6) is 5.75 Å². The average Bonchev–Trinajstić information content (AvgIpc) is 3.02. The summed E-state index contributed by atoms with van der Waals surface area (Å²) in [5, 5.41) is 0. The van der Waals surface area contributed by atoms with E-state index in [2.05, 4.69) is 72.7 Å². The van der Waals surface area contributed by atoms with Gasteiger partial charge in [-0.05, 0) is 130 Å². The Morgan fingerprint density at radius 2 is 1.09 bits per heavy atom. The molecule has 0 saturated carbocycles. The van der Waals surface area contributed by atoms with Crippen LogP contribution in [0.1, 0.15) is 166 Å². The molecule has 0 heterocycles. The minimum atomic E-state index is -0.721. The Bertz CT molecular complexity index is 1310. The number of benzene rings is 2. The molecular weight excluding hydrogens is 568 g/mol. The van der Waals surface area contributed by atoms with Crippen LogP contribution >= 0.6 is 0 Å². The minimum absolute atomic E-state index is 0.172. The molecule has 0 fully saturated rings. The molecule has 2 aromatic rings. The number of carbonyl (C=O) groups is 2. The summed E-state index contributed by atoms with van der Waals surface area (Å²) in [7, 11) is 0. The van der Waals surface area contributed by atoms with Gasteiger partial charge in [0.1, 0.15) is 11.4 Å². The van der Waals surface area contributed by atoms with Crippen molar-refractivity contribution >= 4 is 11.9 Å². The van der Waals surface area contributed by atoms with Crippen molar-refractivity contribution in [1.82, 2.24) is 0 Å². The molecule has 1 unspecified atom stereocenters. The number of esters is 2. The maximum absolute atomic E-state index is 13.7. The van der Waals surface area contributed by atoms with E-state index in [0.717, 1.165) is 36.8 Å². The molecule has 46 heavy (non-hydrogen) atoms. The molecule has 0 amide bonds. The molecule has 0 bridgehead atoms. The monoisotopic (exact) mass is 634 g/mol. The predicted molar refractivity (Wildman–Crippen MR) is 194 cm³/mol. The van der Waals surface area contributed by atoms with Gasteiger partial charge in [0, 0.05) is 5.41 Å². The lowest BCUT2D eigenvalue weighted by molar-refractivity contribution is -0.174. The van der Waals surface area contributed by atoms with E-state index in [1.54, 1.807) is 0 Å². The molecule has 0 spiro atoms. The van der Waals surface area contributed by atoms with Gasteiger partial charge in [0.2, 0.25) is 0 Å². The Morgan fingerprint density at radius 3 is 1.46 bits per heavy atom. The van der Waals surface area contributed by atoms with Gasteiger partial charge in [-0.3, -0.25) is 9.59 Å². The summed E-state index contributed by atoms with van der Waals surface area (Å²) in [6.07, 6.45) is 6.00. The zero-order valence-corrected chi connectivity index (χ0v) is 32.2.